The molecule has 0 aromatic carbocycles. The molecule has 2 heterocycles. The van der Waals surface area contributed by atoms with E-state index < -0.39 is 18.0 Å². The molecule has 13 heavy (non-hydrogen) atoms. The molecule has 2 aliphatic heterocycles. The monoisotopic (exact) mass is 185 g/mol. The van der Waals surface area contributed by atoms with Gasteiger partial charge in [-0.3, -0.25) is 14.5 Å². The highest BCUT2D eigenvalue weighted by Gasteiger charge is 2.56. The molecule has 2 fully saturated rings. The first kappa shape index (κ1) is 8.65. The summed E-state index contributed by atoms with van der Waals surface area (Å²) < 4.78 is 10.6. The van der Waals surface area contributed by atoms with Crippen LogP contribution in [0.3, 0.4) is 0 Å². The molecule has 0 aromatic heterocycles. The van der Waals surface area contributed by atoms with Crippen molar-refractivity contribution in [3.05, 3.63) is 0 Å². The van der Waals surface area contributed by atoms with Crippen molar-refractivity contribution in [1.82, 2.24) is 4.90 Å². The predicted molar refractivity (Wildman–Crippen MR) is 41.6 cm³/mol. The third-order valence-corrected chi connectivity index (χ3v) is 2.24. The number of likely N-dealkylation sites (tertiary alicyclic amines) is 1. The average Bonchev–Trinajstić information content (AvgIpc) is 2.44. The summed E-state index contributed by atoms with van der Waals surface area (Å²) in [6.45, 7) is 3.37. The van der Waals surface area contributed by atoms with Crippen LogP contribution in [0.1, 0.15) is 13.8 Å². The van der Waals surface area contributed by atoms with Crippen LogP contribution in [0, 0.1) is 0 Å². The highest BCUT2D eigenvalue weighted by Crippen LogP contribution is 2.33. The van der Waals surface area contributed by atoms with Crippen LogP contribution >= 0.6 is 0 Å². The standard InChI is InChI=1S/C8H11NO4/c1-8(2)12-4-5(13-8)7(11)9(3)6(4)10/h4-5H,1-3H3/t4-,5+. The molecule has 0 unspecified atom stereocenters. The minimum Gasteiger partial charge on any atom is -0.334 e. The second-order valence-corrected chi connectivity index (χ2v) is 3.71. The molecular weight excluding hydrogens is 174 g/mol. The molecule has 0 spiro atoms. The SMILES string of the molecule is CN1C(=O)[C@H]2OC(C)(C)O[C@H]2C1=O. The maximum Gasteiger partial charge on any atom is 0.261 e. The molecule has 0 radical (unpaired) electrons. The summed E-state index contributed by atoms with van der Waals surface area (Å²) in [7, 11) is 1.43. The first-order valence-corrected chi connectivity index (χ1v) is 4.09. The fourth-order valence-corrected chi connectivity index (χ4v) is 1.61. The Morgan fingerprint density at radius 2 is 1.54 bits per heavy atom. The Labute approximate surface area is 75.6 Å². The van der Waals surface area contributed by atoms with Gasteiger partial charge in [-0.05, 0) is 13.8 Å². The van der Waals surface area contributed by atoms with Crippen molar-refractivity contribution in [3.63, 3.8) is 0 Å². The number of nitrogens with zero attached hydrogens (tertiary/aromatic N) is 1. The Morgan fingerprint density at radius 1 is 1.15 bits per heavy atom. The van der Waals surface area contributed by atoms with Crippen LogP contribution in [-0.4, -0.2) is 41.8 Å². The zero-order chi connectivity index (χ0) is 9.80. The molecule has 0 N–H and O–H groups in total. The van der Waals surface area contributed by atoms with Gasteiger partial charge in [-0.2, -0.15) is 0 Å². The normalized spacial score (nSPS) is 37.0. The molecule has 2 aliphatic rings. The van der Waals surface area contributed by atoms with Gasteiger partial charge in [0.1, 0.15) is 0 Å². The minimum atomic E-state index is -0.831. The minimum absolute atomic E-state index is 0.319. The molecule has 2 atom stereocenters. The summed E-state index contributed by atoms with van der Waals surface area (Å²) in [6.07, 6.45) is -1.49. The fourth-order valence-electron chi connectivity index (χ4n) is 1.61. The molecule has 5 nitrogen and oxygen atoms in total. The van der Waals surface area contributed by atoms with E-state index >= 15 is 0 Å². The number of carbonyl (C=O) groups excluding carboxylic acids is 2. The molecule has 0 bridgehead atoms. The summed E-state index contributed by atoms with van der Waals surface area (Å²) in [5.41, 5.74) is 0. The molecular formula is C8H11NO4. The quantitative estimate of drug-likeness (QED) is 0.478. The van der Waals surface area contributed by atoms with Gasteiger partial charge < -0.3 is 9.47 Å². The number of likely N-dealkylation sites (N-methyl/N-ethyl adjacent to an activating group) is 1. The molecule has 0 aromatic rings. The number of hydrogen-bond acceptors (Lipinski definition) is 4. The second kappa shape index (κ2) is 2.30. The number of carbonyl (C=O) groups is 2. The van der Waals surface area contributed by atoms with Crippen molar-refractivity contribution in [2.24, 2.45) is 0 Å². The van der Waals surface area contributed by atoms with E-state index in [2.05, 4.69) is 0 Å². The summed E-state index contributed by atoms with van der Waals surface area (Å²) in [5, 5.41) is 0. The molecule has 0 saturated carbocycles. The van der Waals surface area contributed by atoms with Gasteiger partial charge in [-0.15, -0.1) is 0 Å². The zero-order valence-electron chi connectivity index (χ0n) is 7.73. The van der Waals surface area contributed by atoms with Crippen molar-refractivity contribution < 1.29 is 19.1 Å². The molecule has 2 amide bonds. The van der Waals surface area contributed by atoms with E-state index in [-0.39, 0.29) is 11.8 Å². The second-order valence-electron chi connectivity index (χ2n) is 3.71. The van der Waals surface area contributed by atoms with Crippen LogP contribution in [0.2, 0.25) is 0 Å². The lowest BCUT2D eigenvalue weighted by Crippen LogP contribution is -2.34. The van der Waals surface area contributed by atoms with E-state index in [1.807, 2.05) is 0 Å². The van der Waals surface area contributed by atoms with Gasteiger partial charge in [0.2, 0.25) is 0 Å². The predicted octanol–water partition coefficient (Wildman–Crippen LogP) is -0.495. The van der Waals surface area contributed by atoms with Crippen LogP contribution in [0.25, 0.3) is 0 Å². The largest absolute Gasteiger partial charge is 0.334 e. The average molecular weight is 185 g/mol. The number of ether oxygens (including phenoxy) is 2. The van der Waals surface area contributed by atoms with Gasteiger partial charge in [-0.1, -0.05) is 0 Å². The highest BCUT2D eigenvalue weighted by atomic mass is 16.8. The molecule has 5 heteroatoms. The van der Waals surface area contributed by atoms with Gasteiger partial charge >= 0.3 is 0 Å². The lowest BCUT2D eigenvalue weighted by atomic mass is 10.2. The molecule has 2 saturated heterocycles. The van der Waals surface area contributed by atoms with E-state index in [9.17, 15) is 9.59 Å². The Kier molecular flexibility index (Phi) is 1.53. The van der Waals surface area contributed by atoms with Crippen molar-refractivity contribution in [1.29, 1.82) is 0 Å². The Morgan fingerprint density at radius 3 is 1.92 bits per heavy atom. The molecule has 72 valence electrons. The fraction of sp³-hybridized carbons (Fsp3) is 0.750. The van der Waals surface area contributed by atoms with Gasteiger partial charge in [-0.25, -0.2) is 0 Å². The Bertz CT molecular complexity index is 260. The Hall–Kier alpha value is -0.940. The third kappa shape index (κ3) is 1.08. The first-order valence-electron chi connectivity index (χ1n) is 4.09. The smallest absolute Gasteiger partial charge is 0.261 e. The maximum atomic E-state index is 11.4. The van der Waals surface area contributed by atoms with Crippen LogP contribution in [0.5, 0.6) is 0 Å². The van der Waals surface area contributed by atoms with Crippen molar-refractivity contribution in [3.8, 4) is 0 Å². The van der Waals surface area contributed by atoms with Crippen LogP contribution in [0.4, 0.5) is 0 Å². The van der Waals surface area contributed by atoms with E-state index in [1.165, 1.54) is 7.05 Å². The zero-order valence-corrected chi connectivity index (χ0v) is 7.73. The Balaban J connectivity index is 2.29. The summed E-state index contributed by atoms with van der Waals surface area (Å²) in [5.74, 6) is -1.47. The molecule has 2 rings (SSSR count). The van der Waals surface area contributed by atoms with Crippen LogP contribution in [-0.2, 0) is 19.1 Å². The van der Waals surface area contributed by atoms with Crippen molar-refractivity contribution in [2.75, 3.05) is 7.05 Å². The molecule has 0 aliphatic carbocycles. The van der Waals surface area contributed by atoms with Crippen molar-refractivity contribution >= 4 is 11.8 Å². The topological polar surface area (TPSA) is 55.8 Å². The lowest BCUT2D eigenvalue weighted by molar-refractivity contribution is -0.174. The van der Waals surface area contributed by atoms with Crippen LogP contribution < -0.4 is 0 Å². The number of fused-ring (bicyclic) bond motifs is 1. The highest BCUT2D eigenvalue weighted by molar-refractivity contribution is 6.08. The number of hydrogen-bond donors (Lipinski definition) is 0. The summed E-state index contributed by atoms with van der Waals surface area (Å²) >= 11 is 0. The third-order valence-electron chi connectivity index (χ3n) is 2.24. The van der Waals surface area contributed by atoms with E-state index in [4.69, 9.17) is 9.47 Å². The van der Waals surface area contributed by atoms with Gasteiger partial charge in [0, 0.05) is 7.05 Å². The van der Waals surface area contributed by atoms with Crippen molar-refractivity contribution in [2.45, 2.75) is 31.8 Å². The first-order chi connectivity index (χ1) is 5.92. The summed E-state index contributed by atoms with van der Waals surface area (Å²) in [6, 6.07) is 0. The lowest BCUT2D eigenvalue weighted by Gasteiger charge is -2.19. The van der Waals surface area contributed by atoms with Crippen LogP contribution in [0.15, 0.2) is 0 Å². The number of rotatable bonds is 0. The number of amides is 2. The summed E-state index contributed by atoms with van der Waals surface area (Å²) in [4.78, 5) is 23.8. The van der Waals surface area contributed by atoms with Gasteiger partial charge in [0.15, 0.2) is 18.0 Å². The van der Waals surface area contributed by atoms with Gasteiger partial charge in [0.05, 0.1) is 0 Å². The van der Waals surface area contributed by atoms with E-state index in [1.54, 1.807) is 13.8 Å². The maximum absolute atomic E-state index is 11.4. The van der Waals surface area contributed by atoms with Gasteiger partial charge in [0.25, 0.3) is 11.8 Å². The van der Waals surface area contributed by atoms with E-state index in [0.717, 1.165) is 4.90 Å². The number of imide groups is 1. The van der Waals surface area contributed by atoms with E-state index in [0.29, 0.717) is 0 Å².